The number of anilines is 3. The Hall–Kier alpha value is -2.90. The highest BCUT2D eigenvalue weighted by Gasteiger charge is 2.07. The molecule has 2 amide bonds. The number of halogens is 1. The number of carbonyl (C=O) groups is 1. The lowest BCUT2D eigenvalue weighted by Gasteiger charge is -2.14. The van der Waals surface area contributed by atoms with Gasteiger partial charge in [-0.25, -0.2) is 14.2 Å². The Morgan fingerprint density at radius 1 is 1.20 bits per heavy atom. The molecule has 0 atom stereocenters. The van der Waals surface area contributed by atoms with Gasteiger partial charge < -0.3 is 20.9 Å². The van der Waals surface area contributed by atoms with E-state index in [9.17, 15) is 9.18 Å². The molecule has 2 aromatic rings. The van der Waals surface area contributed by atoms with E-state index in [1.165, 1.54) is 6.07 Å². The van der Waals surface area contributed by atoms with E-state index in [1.54, 1.807) is 19.1 Å². The van der Waals surface area contributed by atoms with Crippen molar-refractivity contribution in [3.8, 4) is 0 Å². The first-order chi connectivity index (χ1) is 11.9. The van der Waals surface area contributed by atoms with Gasteiger partial charge in [-0.3, -0.25) is 0 Å². The molecule has 134 valence electrons. The maximum absolute atomic E-state index is 13.4. The molecule has 0 bridgehead atoms. The number of hydrogen-bond donors (Lipinski definition) is 3. The molecule has 8 heteroatoms. The van der Waals surface area contributed by atoms with Crippen LogP contribution in [0.4, 0.5) is 26.6 Å². The summed E-state index contributed by atoms with van der Waals surface area (Å²) in [6.45, 7) is 4.34. The minimum atomic E-state index is -0.394. The van der Waals surface area contributed by atoms with Gasteiger partial charge in [-0.15, -0.1) is 0 Å². The summed E-state index contributed by atoms with van der Waals surface area (Å²) in [5, 5.41) is 8.40. The quantitative estimate of drug-likeness (QED) is 0.700. The van der Waals surface area contributed by atoms with Gasteiger partial charge in [0.05, 0.1) is 0 Å². The number of urea groups is 1. The van der Waals surface area contributed by atoms with E-state index in [0.29, 0.717) is 30.3 Å². The van der Waals surface area contributed by atoms with Gasteiger partial charge in [0.25, 0.3) is 0 Å². The standard InChI is InChI=1S/C17H23FN6O/c1-11-10-15(24(3)4)23-16(21-11)19-8-9-20-17(25)22-14-7-5-6-13(18)12(14)2/h5-7,10H,8-9H2,1-4H3,(H,19,21,23)(H2,20,22,25). The zero-order chi connectivity index (χ0) is 18.4. The Kier molecular flexibility index (Phi) is 6.10. The molecule has 0 radical (unpaired) electrons. The van der Waals surface area contributed by atoms with E-state index in [0.717, 1.165) is 11.5 Å². The molecule has 0 aliphatic rings. The number of hydrogen-bond acceptors (Lipinski definition) is 5. The first kappa shape index (κ1) is 18.4. The highest BCUT2D eigenvalue weighted by Crippen LogP contribution is 2.17. The summed E-state index contributed by atoms with van der Waals surface area (Å²) < 4.78 is 13.4. The Labute approximate surface area is 146 Å². The Morgan fingerprint density at radius 3 is 2.68 bits per heavy atom. The van der Waals surface area contributed by atoms with Crippen LogP contribution < -0.4 is 20.9 Å². The molecule has 7 nitrogen and oxygen atoms in total. The minimum Gasteiger partial charge on any atom is -0.363 e. The number of benzene rings is 1. The molecular formula is C17H23FN6O. The average Bonchev–Trinajstić information content (AvgIpc) is 2.55. The molecule has 0 fully saturated rings. The number of nitrogens with zero attached hydrogens (tertiary/aromatic N) is 3. The van der Waals surface area contributed by atoms with Crippen LogP contribution in [0.15, 0.2) is 24.3 Å². The Balaban J connectivity index is 1.81. The van der Waals surface area contributed by atoms with Crippen LogP contribution in [0.1, 0.15) is 11.3 Å². The summed E-state index contributed by atoms with van der Waals surface area (Å²) >= 11 is 0. The number of amides is 2. The second kappa shape index (κ2) is 8.27. The number of carbonyl (C=O) groups excluding carboxylic acids is 1. The number of aryl methyl sites for hydroxylation is 1. The molecule has 0 aliphatic carbocycles. The molecule has 3 N–H and O–H groups in total. The van der Waals surface area contributed by atoms with Gasteiger partial charge >= 0.3 is 6.03 Å². The summed E-state index contributed by atoms with van der Waals surface area (Å²) in [5.74, 6) is 0.960. The van der Waals surface area contributed by atoms with Crippen molar-refractivity contribution in [1.29, 1.82) is 0 Å². The fraction of sp³-hybridized carbons (Fsp3) is 0.353. The third-order valence-corrected chi connectivity index (χ3v) is 3.51. The van der Waals surface area contributed by atoms with E-state index in [1.807, 2.05) is 32.0 Å². The lowest BCUT2D eigenvalue weighted by molar-refractivity contribution is 0.252. The van der Waals surface area contributed by atoms with Gasteiger partial charge in [0.1, 0.15) is 11.6 Å². The fourth-order valence-corrected chi connectivity index (χ4v) is 2.12. The van der Waals surface area contributed by atoms with E-state index >= 15 is 0 Å². The zero-order valence-corrected chi connectivity index (χ0v) is 14.9. The normalized spacial score (nSPS) is 10.3. The molecule has 0 unspecified atom stereocenters. The SMILES string of the molecule is Cc1cc(N(C)C)nc(NCCNC(=O)Nc2cccc(F)c2C)n1. The number of rotatable bonds is 6. The second-order valence-corrected chi connectivity index (χ2v) is 5.81. The van der Waals surface area contributed by atoms with Crippen molar-refractivity contribution in [2.24, 2.45) is 0 Å². The van der Waals surface area contributed by atoms with Crippen LogP contribution in [0.25, 0.3) is 0 Å². The van der Waals surface area contributed by atoms with E-state index < -0.39 is 6.03 Å². The molecule has 0 aliphatic heterocycles. The van der Waals surface area contributed by atoms with Gasteiger partial charge in [-0.2, -0.15) is 4.98 Å². The fourth-order valence-electron chi connectivity index (χ4n) is 2.12. The molecule has 0 saturated heterocycles. The minimum absolute atomic E-state index is 0.354. The van der Waals surface area contributed by atoms with Gasteiger partial charge in [0.15, 0.2) is 0 Å². The van der Waals surface area contributed by atoms with Crippen molar-refractivity contribution in [2.45, 2.75) is 13.8 Å². The van der Waals surface area contributed by atoms with Crippen molar-refractivity contribution >= 4 is 23.5 Å². The Morgan fingerprint density at radius 2 is 1.96 bits per heavy atom. The van der Waals surface area contributed by atoms with Crippen molar-refractivity contribution < 1.29 is 9.18 Å². The van der Waals surface area contributed by atoms with Crippen molar-refractivity contribution in [3.63, 3.8) is 0 Å². The first-order valence-corrected chi connectivity index (χ1v) is 7.93. The van der Waals surface area contributed by atoms with E-state index in [2.05, 4.69) is 25.9 Å². The van der Waals surface area contributed by atoms with Crippen LogP contribution >= 0.6 is 0 Å². The monoisotopic (exact) mass is 346 g/mol. The molecule has 1 aromatic heterocycles. The summed E-state index contributed by atoms with van der Waals surface area (Å²) in [5.41, 5.74) is 1.71. The van der Waals surface area contributed by atoms with Crippen LogP contribution in [0.5, 0.6) is 0 Å². The van der Waals surface area contributed by atoms with Crippen molar-refractivity contribution in [3.05, 3.63) is 41.3 Å². The van der Waals surface area contributed by atoms with E-state index in [-0.39, 0.29) is 5.82 Å². The van der Waals surface area contributed by atoms with Crippen LogP contribution in [0.2, 0.25) is 0 Å². The summed E-state index contributed by atoms with van der Waals surface area (Å²) in [4.78, 5) is 22.4. The van der Waals surface area contributed by atoms with Gasteiger partial charge in [0.2, 0.25) is 5.95 Å². The molecule has 2 rings (SSSR count). The smallest absolute Gasteiger partial charge is 0.319 e. The molecule has 1 heterocycles. The summed E-state index contributed by atoms with van der Waals surface area (Å²) in [7, 11) is 3.82. The third-order valence-electron chi connectivity index (χ3n) is 3.51. The average molecular weight is 346 g/mol. The first-order valence-electron chi connectivity index (χ1n) is 7.93. The van der Waals surface area contributed by atoms with Crippen LogP contribution in [0.3, 0.4) is 0 Å². The predicted octanol–water partition coefficient (Wildman–Crippen LogP) is 2.53. The molecule has 25 heavy (non-hydrogen) atoms. The molecular weight excluding hydrogens is 323 g/mol. The summed E-state index contributed by atoms with van der Waals surface area (Å²) in [6.07, 6.45) is 0. The van der Waals surface area contributed by atoms with E-state index in [4.69, 9.17) is 0 Å². The highest BCUT2D eigenvalue weighted by atomic mass is 19.1. The maximum atomic E-state index is 13.4. The van der Waals surface area contributed by atoms with Crippen molar-refractivity contribution in [1.82, 2.24) is 15.3 Å². The number of nitrogens with one attached hydrogen (secondary N) is 3. The topological polar surface area (TPSA) is 82.2 Å². The number of aromatic nitrogens is 2. The van der Waals surface area contributed by atoms with Crippen LogP contribution in [-0.2, 0) is 0 Å². The lowest BCUT2D eigenvalue weighted by Crippen LogP contribution is -2.33. The van der Waals surface area contributed by atoms with Crippen molar-refractivity contribution in [2.75, 3.05) is 42.7 Å². The summed E-state index contributed by atoms with van der Waals surface area (Å²) in [6, 6.07) is 6.05. The second-order valence-electron chi connectivity index (χ2n) is 5.81. The van der Waals surface area contributed by atoms with Gasteiger partial charge in [0, 0.05) is 50.2 Å². The van der Waals surface area contributed by atoms with Gasteiger partial charge in [-0.1, -0.05) is 6.07 Å². The Bertz CT molecular complexity index is 750. The molecule has 0 spiro atoms. The van der Waals surface area contributed by atoms with Gasteiger partial charge in [-0.05, 0) is 26.0 Å². The maximum Gasteiger partial charge on any atom is 0.319 e. The third kappa shape index (κ3) is 5.30. The molecule has 1 aromatic carbocycles. The highest BCUT2D eigenvalue weighted by molar-refractivity contribution is 5.90. The molecule has 0 saturated carbocycles. The van der Waals surface area contributed by atoms with Crippen LogP contribution in [-0.4, -0.2) is 43.2 Å². The largest absolute Gasteiger partial charge is 0.363 e. The van der Waals surface area contributed by atoms with Crippen LogP contribution in [0, 0.1) is 19.7 Å². The predicted molar refractivity (Wildman–Crippen MR) is 97.7 cm³/mol. The zero-order valence-electron chi connectivity index (χ0n) is 14.9. The lowest BCUT2D eigenvalue weighted by atomic mass is 10.2.